The van der Waals surface area contributed by atoms with Crippen LogP contribution in [0.2, 0.25) is 0 Å². The van der Waals surface area contributed by atoms with Gasteiger partial charge in [0.05, 0.1) is 7.11 Å². The summed E-state index contributed by atoms with van der Waals surface area (Å²) in [7, 11) is 1.62. The van der Waals surface area contributed by atoms with E-state index in [1.807, 2.05) is 36.4 Å². The van der Waals surface area contributed by atoms with Crippen LogP contribution in [0, 0.1) is 5.82 Å². The van der Waals surface area contributed by atoms with Crippen LogP contribution in [0.5, 0.6) is 11.5 Å². The minimum absolute atomic E-state index is 0.105. The molecule has 0 atom stereocenters. The van der Waals surface area contributed by atoms with E-state index in [1.54, 1.807) is 20.1 Å². The fraction of sp³-hybridized carbons (Fsp3) is 0.136. The summed E-state index contributed by atoms with van der Waals surface area (Å²) in [5.74, 6) is -0.562. The summed E-state index contributed by atoms with van der Waals surface area (Å²) in [5, 5.41) is 1.90. The molecule has 0 saturated heterocycles. The lowest BCUT2D eigenvalue weighted by Crippen LogP contribution is -2.10. The molecule has 0 unspecified atom stereocenters. The summed E-state index contributed by atoms with van der Waals surface area (Å²) in [6.07, 6.45) is 0.455. The minimum Gasteiger partial charge on any atom is -0.496 e. The number of benzene rings is 3. The maximum Gasteiger partial charge on any atom is 0.338 e. The van der Waals surface area contributed by atoms with Gasteiger partial charge in [0.15, 0.2) is 11.6 Å². The largest absolute Gasteiger partial charge is 0.496 e. The molecule has 0 aliphatic heterocycles. The highest BCUT2D eigenvalue weighted by Gasteiger charge is 2.14. The Morgan fingerprint density at radius 3 is 2.38 bits per heavy atom. The van der Waals surface area contributed by atoms with Crippen molar-refractivity contribution in [2.45, 2.75) is 13.3 Å². The molecule has 0 spiro atoms. The molecule has 3 aromatic rings. The molecule has 0 radical (unpaired) electrons. The first kappa shape index (κ1) is 17.7. The Morgan fingerprint density at radius 2 is 1.73 bits per heavy atom. The van der Waals surface area contributed by atoms with Crippen LogP contribution in [0.1, 0.15) is 13.3 Å². The standard InChI is InChI=1S/C22H19FO3/c1-4-14(2)22(24)26-21-11-9-15(13-19(21)23)16-10-12-20(25-3)18-8-6-5-7-17(16)18/h5-13H,2,4H2,1,3H3. The van der Waals surface area contributed by atoms with E-state index in [-0.39, 0.29) is 5.75 Å². The Hall–Kier alpha value is -3.14. The third-order valence-electron chi connectivity index (χ3n) is 4.26. The highest BCUT2D eigenvalue weighted by Crippen LogP contribution is 2.35. The first-order valence-corrected chi connectivity index (χ1v) is 8.30. The Labute approximate surface area is 151 Å². The summed E-state index contributed by atoms with van der Waals surface area (Å²) in [6, 6.07) is 16.1. The molecule has 132 valence electrons. The summed E-state index contributed by atoms with van der Waals surface area (Å²) in [6.45, 7) is 5.40. The van der Waals surface area contributed by atoms with Crippen LogP contribution in [0.25, 0.3) is 21.9 Å². The summed E-state index contributed by atoms with van der Waals surface area (Å²) in [4.78, 5) is 11.8. The quantitative estimate of drug-likeness (QED) is 0.345. The van der Waals surface area contributed by atoms with Crippen molar-refractivity contribution in [1.82, 2.24) is 0 Å². The number of rotatable bonds is 5. The second-order valence-corrected chi connectivity index (χ2v) is 5.85. The zero-order chi connectivity index (χ0) is 18.7. The highest BCUT2D eigenvalue weighted by atomic mass is 19.1. The van der Waals surface area contributed by atoms with Gasteiger partial charge in [0.25, 0.3) is 0 Å². The van der Waals surface area contributed by atoms with Gasteiger partial charge in [-0.05, 0) is 41.1 Å². The van der Waals surface area contributed by atoms with Crippen molar-refractivity contribution >= 4 is 16.7 Å². The number of hydrogen-bond donors (Lipinski definition) is 0. The summed E-state index contributed by atoms with van der Waals surface area (Å²) < 4.78 is 25.0. The van der Waals surface area contributed by atoms with E-state index in [2.05, 4.69) is 6.58 Å². The van der Waals surface area contributed by atoms with Gasteiger partial charge in [0.1, 0.15) is 5.75 Å². The lowest BCUT2D eigenvalue weighted by Gasteiger charge is -2.12. The van der Waals surface area contributed by atoms with E-state index >= 15 is 0 Å². The number of carbonyl (C=O) groups excluding carboxylic acids is 1. The van der Waals surface area contributed by atoms with Gasteiger partial charge in [0, 0.05) is 11.0 Å². The van der Waals surface area contributed by atoms with Gasteiger partial charge in [0.2, 0.25) is 0 Å². The van der Waals surface area contributed by atoms with Gasteiger partial charge in [-0.2, -0.15) is 0 Å². The van der Waals surface area contributed by atoms with Gasteiger partial charge < -0.3 is 9.47 Å². The number of hydrogen-bond acceptors (Lipinski definition) is 3. The molecule has 0 aliphatic carbocycles. The van der Waals surface area contributed by atoms with E-state index in [9.17, 15) is 9.18 Å². The van der Waals surface area contributed by atoms with E-state index < -0.39 is 11.8 Å². The molecule has 3 aromatic carbocycles. The molecule has 26 heavy (non-hydrogen) atoms. The summed E-state index contributed by atoms with van der Waals surface area (Å²) in [5.41, 5.74) is 1.86. The predicted molar refractivity (Wildman–Crippen MR) is 101 cm³/mol. The maximum atomic E-state index is 14.5. The van der Waals surface area contributed by atoms with E-state index in [0.717, 1.165) is 22.1 Å². The molecular formula is C22H19FO3. The molecule has 0 heterocycles. The average Bonchev–Trinajstić information content (AvgIpc) is 2.67. The van der Waals surface area contributed by atoms with Crippen molar-refractivity contribution < 1.29 is 18.7 Å². The Kier molecular flexibility index (Phi) is 5.03. The lowest BCUT2D eigenvalue weighted by molar-refractivity contribution is -0.130. The molecule has 0 fully saturated rings. The van der Waals surface area contributed by atoms with Crippen LogP contribution in [0.4, 0.5) is 4.39 Å². The number of ether oxygens (including phenoxy) is 2. The molecule has 0 bridgehead atoms. The molecule has 0 aromatic heterocycles. The van der Waals surface area contributed by atoms with Gasteiger partial charge in [-0.25, -0.2) is 9.18 Å². The van der Waals surface area contributed by atoms with E-state index in [4.69, 9.17) is 9.47 Å². The summed E-state index contributed by atoms with van der Waals surface area (Å²) >= 11 is 0. The first-order chi connectivity index (χ1) is 12.5. The SMILES string of the molecule is C=C(CC)C(=O)Oc1ccc(-c2ccc(OC)c3ccccc23)cc1F. The minimum atomic E-state index is -0.617. The molecule has 0 saturated carbocycles. The number of methoxy groups -OCH3 is 1. The molecule has 0 aliphatic rings. The number of esters is 1. The normalized spacial score (nSPS) is 10.6. The van der Waals surface area contributed by atoms with Crippen molar-refractivity contribution in [3.05, 3.63) is 72.6 Å². The predicted octanol–water partition coefficient (Wildman–Crippen LogP) is 5.53. The molecular weight excluding hydrogens is 331 g/mol. The molecule has 0 amide bonds. The molecule has 4 heteroatoms. The van der Waals surface area contributed by atoms with Gasteiger partial charge in [-0.3, -0.25) is 0 Å². The van der Waals surface area contributed by atoms with Crippen LogP contribution < -0.4 is 9.47 Å². The topological polar surface area (TPSA) is 35.5 Å². The fourth-order valence-corrected chi connectivity index (χ4v) is 2.77. The Bertz CT molecular complexity index is 992. The van der Waals surface area contributed by atoms with Crippen LogP contribution in [0.15, 0.2) is 66.7 Å². The second kappa shape index (κ2) is 7.40. The zero-order valence-electron chi connectivity index (χ0n) is 14.7. The number of fused-ring (bicyclic) bond motifs is 1. The molecule has 0 N–H and O–H groups in total. The average molecular weight is 350 g/mol. The van der Waals surface area contributed by atoms with E-state index in [0.29, 0.717) is 17.6 Å². The third-order valence-corrected chi connectivity index (χ3v) is 4.26. The van der Waals surface area contributed by atoms with Crippen molar-refractivity contribution in [1.29, 1.82) is 0 Å². The number of halogens is 1. The van der Waals surface area contributed by atoms with Crippen molar-refractivity contribution in [3.63, 3.8) is 0 Å². The number of carbonyl (C=O) groups is 1. The van der Waals surface area contributed by atoms with Crippen LogP contribution in [-0.2, 0) is 4.79 Å². The van der Waals surface area contributed by atoms with Crippen molar-refractivity contribution in [3.8, 4) is 22.6 Å². The highest BCUT2D eigenvalue weighted by molar-refractivity contribution is 6.00. The second-order valence-electron chi connectivity index (χ2n) is 5.85. The first-order valence-electron chi connectivity index (χ1n) is 8.30. The third kappa shape index (κ3) is 3.31. The Balaban J connectivity index is 2.01. The van der Waals surface area contributed by atoms with Crippen LogP contribution >= 0.6 is 0 Å². The van der Waals surface area contributed by atoms with E-state index in [1.165, 1.54) is 12.1 Å². The maximum absolute atomic E-state index is 14.5. The smallest absolute Gasteiger partial charge is 0.338 e. The van der Waals surface area contributed by atoms with Crippen molar-refractivity contribution in [2.24, 2.45) is 0 Å². The van der Waals surface area contributed by atoms with Gasteiger partial charge in [-0.1, -0.05) is 49.9 Å². The Morgan fingerprint density at radius 1 is 1.04 bits per heavy atom. The lowest BCUT2D eigenvalue weighted by atomic mass is 9.97. The van der Waals surface area contributed by atoms with Gasteiger partial charge in [-0.15, -0.1) is 0 Å². The molecule has 3 rings (SSSR count). The molecule has 3 nitrogen and oxygen atoms in total. The fourth-order valence-electron chi connectivity index (χ4n) is 2.77. The van der Waals surface area contributed by atoms with Crippen LogP contribution in [0.3, 0.4) is 0 Å². The van der Waals surface area contributed by atoms with Gasteiger partial charge >= 0.3 is 5.97 Å². The zero-order valence-corrected chi connectivity index (χ0v) is 14.7. The van der Waals surface area contributed by atoms with Crippen molar-refractivity contribution in [2.75, 3.05) is 7.11 Å². The monoisotopic (exact) mass is 350 g/mol. The van der Waals surface area contributed by atoms with Crippen LogP contribution in [-0.4, -0.2) is 13.1 Å².